The van der Waals surface area contributed by atoms with Gasteiger partial charge in [0, 0.05) is 20.2 Å². The van der Waals surface area contributed by atoms with Gasteiger partial charge in [0.05, 0.1) is 12.6 Å². The standard InChI is InChI=1S/C5H10N2O3.C4H10O.C2H6/c8-4-7-2-1-6-3-5(9)10;1-4(2)5-3;1-2/h4,6H,1-3H2,(H,7,8)(H,9,10);4H,1-3H3;1-2H3. The van der Waals surface area contributed by atoms with Gasteiger partial charge in [-0.1, -0.05) is 13.8 Å². The number of carbonyl (C=O) groups is 2. The summed E-state index contributed by atoms with van der Waals surface area (Å²) in [5, 5.41) is 13.1. The lowest BCUT2D eigenvalue weighted by atomic mass is 10.5. The summed E-state index contributed by atoms with van der Waals surface area (Å²) in [6.45, 7) is 8.86. The molecule has 0 aliphatic carbocycles. The molecule has 0 fully saturated rings. The highest BCUT2D eigenvalue weighted by atomic mass is 16.5. The van der Waals surface area contributed by atoms with Gasteiger partial charge in [-0.2, -0.15) is 0 Å². The van der Waals surface area contributed by atoms with Crippen LogP contribution in [0.5, 0.6) is 0 Å². The molecule has 0 saturated heterocycles. The van der Waals surface area contributed by atoms with Crippen molar-refractivity contribution in [2.45, 2.75) is 33.8 Å². The van der Waals surface area contributed by atoms with Crippen LogP contribution < -0.4 is 10.6 Å². The molecule has 104 valence electrons. The molecule has 0 radical (unpaired) electrons. The smallest absolute Gasteiger partial charge is 0.317 e. The van der Waals surface area contributed by atoms with Gasteiger partial charge in [0.2, 0.25) is 6.41 Å². The van der Waals surface area contributed by atoms with Crippen LogP contribution in [0, 0.1) is 0 Å². The Morgan fingerprint density at radius 2 is 1.82 bits per heavy atom. The van der Waals surface area contributed by atoms with Crippen molar-refractivity contribution >= 4 is 12.4 Å². The number of amides is 1. The summed E-state index contributed by atoms with van der Waals surface area (Å²) < 4.78 is 4.75. The highest BCUT2D eigenvalue weighted by Gasteiger charge is 1.92. The summed E-state index contributed by atoms with van der Waals surface area (Å²) in [6, 6.07) is 0. The van der Waals surface area contributed by atoms with E-state index in [9.17, 15) is 9.59 Å². The second kappa shape index (κ2) is 20.3. The Morgan fingerprint density at radius 1 is 1.35 bits per heavy atom. The van der Waals surface area contributed by atoms with Crippen LogP contribution in [0.3, 0.4) is 0 Å². The summed E-state index contributed by atoms with van der Waals surface area (Å²) in [7, 11) is 1.70. The fraction of sp³-hybridized carbons (Fsp3) is 0.818. The fourth-order valence-electron chi connectivity index (χ4n) is 0.415. The molecule has 0 saturated carbocycles. The molecule has 0 aromatic carbocycles. The average Bonchev–Trinajstić information content (AvgIpc) is 2.32. The molecule has 0 bridgehead atoms. The quantitative estimate of drug-likeness (QED) is 0.452. The Bertz CT molecular complexity index is 164. The molecule has 6 nitrogen and oxygen atoms in total. The van der Waals surface area contributed by atoms with Crippen molar-refractivity contribution in [1.82, 2.24) is 10.6 Å². The van der Waals surface area contributed by atoms with E-state index in [-0.39, 0.29) is 6.54 Å². The van der Waals surface area contributed by atoms with E-state index in [1.54, 1.807) is 7.11 Å². The van der Waals surface area contributed by atoms with Gasteiger partial charge in [0.25, 0.3) is 0 Å². The maximum absolute atomic E-state index is 9.88. The third-order valence-corrected chi connectivity index (χ3v) is 1.28. The first-order valence-electron chi connectivity index (χ1n) is 5.66. The number of carboxylic acid groups (broad SMARTS) is 1. The minimum atomic E-state index is -0.897. The second-order valence-electron chi connectivity index (χ2n) is 2.93. The molecule has 3 N–H and O–H groups in total. The Hall–Kier alpha value is -1.14. The molecular weight excluding hydrogens is 224 g/mol. The van der Waals surface area contributed by atoms with Gasteiger partial charge in [0.15, 0.2) is 0 Å². The van der Waals surface area contributed by atoms with E-state index < -0.39 is 5.97 Å². The fourth-order valence-corrected chi connectivity index (χ4v) is 0.415. The molecule has 0 aromatic heterocycles. The van der Waals surface area contributed by atoms with Crippen LogP contribution in [0.15, 0.2) is 0 Å². The third-order valence-electron chi connectivity index (χ3n) is 1.28. The molecule has 6 heteroatoms. The van der Waals surface area contributed by atoms with Crippen LogP contribution in [0.2, 0.25) is 0 Å². The first-order chi connectivity index (χ1) is 8.04. The van der Waals surface area contributed by atoms with Gasteiger partial charge in [-0.3, -0.25) is 9.59 Å². The van der Waals surface area contributed by atoms with Gasteiger partial charge in [-0.05, 0) is 13.8 Å². The number of carboxylic acids is 1. The van der Waals surface area contributed by atoms with Crippen molar-refractivity contribution in [2.75, 3.05) is 26.7 Å². The van der Waals surface area contributed by atoms with Crippen molar-refractivity contribution in [3.8, 4) is 0 Å². The summed E-state index contributed by atoms with van der Waals surface area (Å²) in [5.74, 6) is -0.897. The third kappa shape index (κ3) is 39.8. The van der Waals surface area contributed by atoms with E-state index in [1.807, 2.05) is 27.7 Å². The molecule has 1 amide bonds. The Labute approximate surface area is 104 Å². The maximum atomic E-state index is 9.88. The summed E-state index contributed by atoms with van der Waals surface area (Å²) in [6.07, 6.45) is 0.956. The number of nitrogens with one attached hydrogen (secondary N) is 2. The average molecular weight is 250 g/mol. The van der Waals surface area contributed by atoms with Gasteiger partial charge < -0.3 is 20.5 Å². The van der Waals surface area contributed by atoms with Crippen LogP contribution in [0.1, 0.15) is 27.7 Å². The van der Waals surface area contributed by atoms with E-state index in [0.29, 0.717) is 25.6 Å². The molecule has 0 aromatic rings. The normalized spacial score (nSPS) is 8.35. The van der Waals surface area contributed by atoms with Crippen LogP contribution in [0.4, 0.5) is 0 Å². The molecular formula is C11H26N2O4. The first kappa shape index (κ1) is 21.2. The number of methoxy groups -OCH3 is 1. The van der Waals surface area contributed by atoms with Gasteiger partial charge >= 0.3 is 5.97 Å². The number of rotatable bonds is 7. The van der Waals surface area contributed by atoms with Crippen molar-refractivity contribution in [3.63, 3.8) is 0 Å². The van der Waals surface area contributed by atoms with Crippen LogP contribution in [0.25, 0.3) is 0 Å². The predicted octanol–water partition coefficient (Wildman–Crippen LogP) is 0.474. The number of hydrogen-bond acceptors (Lipinski definition) is 4. The van der Waals surface area contributed by atoms with Crippen molar-refractivity contribution in [3.05, 3.63) is 0 Å². The zero-order chi connectivity index (χ0) is 14.1. The summed E-state index contributed by atoms with van der Waals surface area (Å²) in [5.41, 5.74) is 0. The van der Waals surface area contributed by atoms with Crippen LogP contribution in [-0.4, -0.2) is 50.3 Å². The molecule has 0 heterocycles. The highest BCUT2D eigenvalue weighted by molar-refractivity contribution is 5.68. The lowest BCUT2D eigenvalue weighted by Crippen LogP contribution is -2.30. The van der Waals surface area contributed by atoms with Gasteiger partial charge in [0.1, 0.15) is 0 Å². The molecule has 0 spiro atoms. The van der Waals surface area contributed by atoms with Crippen LogP contribution >= 0.6 is 0 Å². The molecule has 17 heavy (non-hydrogen) atoms. The molecule has 0 unspecified atom stereocenters. The largest absolute Gasteiger partial charge is 0.480 e. The van der Waals surface area contributed by atoms with Crippen molar-refractivity contribution in [1.29, 1.82) is 0 Å². The first-order valence-corrected chi connectivity index (χ1v) is 5.66. The monoisotopic (exact) mass is 250 g/mol. The van der Waals surface area contributed by atoms with Crippen LogP contribution in [-0.2, 0) is 14.3 Å². The maximum Gasteiger partial charge on any atom is 0.317 e. The minimum Gasteiger partial charge on any atom is -0.480 e. The SMILES string of the molecule is CC.COC(C)C.O=CNCCNCC(=O)O. The van der Waals surface area contributed by atoms with E-state index in [1.165, 1.54) is 0 Å². The number of aliphatic carboxylic acids is 1. The molecule has 0 rings (SSSR count). The summed E-state index contributed by atoms with van der Waals surface area (Å²) >= 11 is 0. The number of ether oxygens (including phenoxy) is 1. The lowest BCUT2D eigenvalue weighted by Gasteiger charge is -1.98. The highest BCUT2D eigenvalue weighted by Crippen LogP contribution is 1.77. The Kier molecular flexibility index (Phi) is 25.3. The zero-order valence-corrected chi connectivity index (χ0v) is 11.4. The Balaban J connectivity index is -0.000000236. The van der Waals surface area contributed by atoms with E-state index >= 15 is 0 Å². The van der Waals surface area contributed by atoms with Crippen molar-refractivity contribution in [2.24, 2.45) is 0 Å². The minimum absolute atomic E-state index is 0.0689. The Morgan fingerprint density at radius 3 is 2.12 bits per heavy atom. The van der Waals surface area contributed by atoms with E-state index in [4.69, 9.17) is 9.84 Å². The molecule has 0 aliphatic heterocycles. The topological polar surface area (TPSA) is 87.7 Å². The molecule has 0 aliphatic rings. The lowest BCUT2D eigenvalue weighted by molar-refractivity contribution is -0.135. The molecule has 0 atom stereocenters. The summed E-state index contributed by atoms with van der Waals surface area (Å²) in [4.78, 5) is 19.5. The second-order valence-corrected chi connectivity index (χ2v) is 2.93. The predicted molar refractivity (Wildman–Crippen MR) is 68.1 cm³/mol. The van der Waals surface area contributed by atoms with E-state index in [0.717, 1.165) is 0 Å². The zero-order valence-electron chi connectivity index (χ0n) is 11.4. The van der Waals surface area contributed by atoms with Gasteiger partial charge in [-0.15, -0.1) is 0 Å². The van der Waals surface area contributed by atoms with Crippen molar-refractivity contribution < 1.29 is 19.4 Å². The van der Waals surface area contributed by atoms with Gasteiger partial charge in [-0.25, -0.2) is 0 Å². The number of hydrogen-bond donors (Lipinski definition) is 3. The van der Waals surface area contributed by atoms with E-state index in [2.05, 4.69) is 10.6 Å². The number of carbonyl (C=O) groups excluding carboxylic acids is 1.